The zero-order chi connectivity index (χ0) is 13.7. The zero-order valence-electron chi connectivity index (χ0n) is 10.3. The highest BCUT2D eigenvalue weighted by Crippen LogP contribution is 2.23. The van der Waals surface area contributed by atoms with Gasteiger partial charge >= 0.3 is 0 Å². The van der Waals surface area contributed by atoms with Crippen molar-refractivity contribution in [2.45, 2.75) is 6.10 Å². The summed E-state index contributed by atoms with van der Waals surface area (Å²) in [5, 5.41) is 18.0. The second-order valence-electron chi connectivity index (χ2n) is 3.71. The Labute approximate surface area is 110 Å². The predicted octanol–water partition coefficient (Wildman–Crippen LogP) is 2.44. The number of hydrogen-bond donors (Lipinski definition) is 1. The Kier molecular flexibility index (Phi) is 3.96. The van der Waals surface area contributed by atoms with Gasteiger partial charge in [0, 0.05) is 6.07 Å². The van der Waals surface area contributed by atoms with E-state index in [2.05, 4.69) is 4.98 Å². The van der Waals surface area contributed by atoms with Crippen LogP contribution in [0.2, 0.25) is 0 Å². The van der Waals surface area contributed by atoms with Crippen molar-refractivity contribution >= 4 is 0 Å². The van der Waals surface area contributed by atoms with Crippen molar-refractivity contribution in [1.29, 1.82) is 5.26 Å². The van der Waals surface area contributed by atoms with E-state index in [9.17, 15) is 5.11 Å². The minimum absolute atomic E-state index is 0.258. The minimum atomic E-state index is -1.25. The van der Waals surface area contributed by atoms with E-state index in [0.717, 1.165) is 5.75 Å². The molecule has 0 radical (unpaired) electrons. The molecule has 0 amide bonds. The molecular formula is C14H12N2O3. The number of aliphatic hydroxyl groups is 1. The number of aromatic nitrogens is 1. The Morgan fingerprint density at radius 2 is 1.84 bits per heavy atom. The van der Waals surface area contributed by atoms with Gasteiger partial charge in [0.05, 0.1) is 12.8 Å². The van der Waals surface area contributed by atoms with Gasteiger partial charge in [-0.3, -0.25) is 0 Å². The molecule has 96 valence electrons. The van der Waals surface area contributed by atoms with Gasteiger partial charge in [0.15, 0.2) is 6.10 Å². The molecule has 1 aromatic heterocycles. The molecule has 0 fully saturated rings. The Hall–Kier alpha value is -2.58. The average Bonchev–Trinajstić information content (AvgIpc) is 2.47. The summed E-state index contributed by atoms with van der Waals surface area (Å²) < 4.78 is 10.6. The Morgan fingerprint density at radius 3 is 2.47 bits per heavy atom. The van der Waals surface area contributed by atoms with Crippen LogP contribution < -0.4 is 9.47 Å². The van der Waals surface area contributed by atoms with Gasteiger partial charge in [0.1, 0.15) is 17.6 Å². The van der Waals surface area contributed by atoms with Crippen LogP contribution in [0.25, 0.3) is 0 Å². The number of methoxy groups -OCH3 is 1. The van der Waals surface area contributed by atoms with Crippen molar-refractivity contribution in [2.24, 2.45) is 0 Å². The summed E-state index contributed by atoms with van der Waals surface area (Å²) in [6.07, 6.45) is -1.25. The number of ether oxygens (including phenoxy) is 2. The van der Waals surface area contributed by atoms with Gasteiger partial charge in [0.25, 0.3) is 0 Å². The molecule has 0 aliphatic rings. The van der Waals surface area contributed by atoms with Crippen LogP contribution in [0.15, 0.2) is 42.5 Å². The van der Waals surface area contributed by atoms with Gasteiger partial charge in [0.2, 0.25) is 5.88 Å². The van der Waals surface area contributed by atoms with Crippen molar-refractivity contribution in [3.8, 4) is 23.4 Å². The van der Waals surface area contributed by atoms with Crippen molar-refractivity contribution in [2.75, 3.05) is 7.11 Å². The average molecular weight is 256 g/mol. The van der Waals surface area contributed by atoms with E-state index in [1.807, 2.05) is 0 Å². The summed E-state index contributed by atoms with van der Waals surface area (Å²) in [6, 6.07) is 13.6. The molecule has 0 saturated carbocycles. The standard InChI is InChI=1S/C14H12N2O3/c1-18-10-5-7-11(8-6-10)19-14-4-2-3-12(16-14)13(17)9-15/h2-8,13,17H,1H3. The molecule has 0 saturated heterocycles. The lowest BCUT2D eigenvalue weighted by atomic mass is 10.2. The van der Waals surface area contributed by atoms with Crippen LogP contribution >= 0.6 is 0 Å². The lowest BCUT2D eigenvalue weighted by molar-refractivity contribution is 0.229. The largest absolute Gasteiger partial charge is 0.497 e. The van der Waals surface area contributed by atoms with Crippen molar-refractivity contribution in [3.63, 3.8) is 0 Å². The van der Waals surface area contributed by atoms with Crippen molar-refractivity contribution in [3.05, 3.63) is 48.2 Å². The van der Waals surface area contributed by atoms with E-state index in [1.54, 1.807) is 55.6 Å². The topological polar surface area (TPSA) is 75.4 Å². The highest BCUT2D eigenvalue weighted by Gasteiger charge is 2.08. The first-order valence-electron chi connectivity index (χ1n) is 5.59. The summed E-state index contributed by atoms with van der Waals surface area (Å²) in [5.74, 6) is 1.64. The van der Waals surface area contributed by atoms with Crippen LogP contribution in [0, 0.1) is 11.3 Å². The van der Waals surface area contributed by atoms with E-state index < -0.39 is 6.10 Å². The van der Waals surface area contributed by atoms with Crippen LogP contribution in [-0.4, -0.2) is 17.2 Å². The van der Waals surface area contributed by atoms with E-state index >= 15 is 0 Å². The van der Waals surface area contributed by atoms with Crippen LogP contribution in [0.5, 0.6) is 17.4 Å². The number of rotatable bonds is 4. The first kappa shape index (κ1) is 12.9. The molecule has 5 heteroatoms. The third-order valence-corrected chi connectivity index (χ3v) is 2.43. The number of aliphatic hydroxyl groups excluding tert-OH is 1. The number of hydrogen-bond acceptors (Lipinski definition) is 5. The van der Waals surface area contributed by atoms with Gasteiger partial charge in [-0.25, -0.2) is 4.98 Å². The predicted molar refractivity (Wildman–Crippen MR) is 67.9 cm³/mol. The number of nitrogens with zero attached hydrogens (tertiary/aromatic N) is 2. The molecule has 0 bridgehead atoms. The van der Waals surface area contributed by atoms with Gasteiger partial charge in [-0.2, -0.15) is 5.26 Å². The Balaban J connectivity index is 2.16. The second kappa shape index (κ2) is 5.85. The number of nitriles is 1. The maximum atomic E-state index is 9.39. The van der Waals surface area contributed by atoms with Gasteiger partial charge in [-0.1, -0.05) is 6.07 Å². The molecule has 19 heavy (non-hydrogen) atoms. The lowest BCUT2D eigenvalue weighted by Gasteiger charge is -2.07. The summed E-state index contributed by atoms with van der Waals surface area (Å²) in [6.45, 7) is 0. The van der Waals surface area contributed by atoms with E-state index in [-0.39, 0.29) is 5.69 Å². The van der Waals surface area contributed by atoms with Gasteiger partial charge < -0.3 is 14.6 Å². The first-order chi connectivity index (χ1) is 9.22. The number of pyridine rings is 1. The van der Waals surface area contributed by atoms with E-state index in [0.29, 0.717) is 11.6 Å². The normalized spacial score (nSPS) is 11.4. The Bertz CT molecular complexity index is 590. The monoisotopic (exact) mass is 256 g/mol. The molecule has 1 heterocycles. The molecule has 0 aliphatic heterocycles. The molecule has 5 nitrogen and oxygen atoms in total. The van der Waals surface area contributed by atoms with Crippen molar-refractivity contribution in [1.82, 2.24) is 4.98 Å². The zero-order valence-corrected chi connectivity index (χ0v) is 10.3. The van der Waals surface area contributed by atoms with Gasteiger partial charge in [-0.05, 0) is 30.3 Å². The lowest BCUT2D eigenvalue weighted by Crippen LogP contribution is -1.98. The number of benzene rings is 1. The van der Waals surface area contributed by atoms with Crippen LogP contribution in [0.1, 0.15) is 11.8 Å². The maximum absolute atomic E-state index is 9.39. The highest BCUT2D eigenvalue weighted by atomic mass is 16.5. The quantitative estimate of drug-likeness (QED) is 0.850. The summed E-state index contributed by atoms with van der Waals surface area (Å²) >= 11 is 0. The maximum Gasteiger partial charge on any atom is 0.219 e. The molecule has 1 aromatic carbocycles. The van der Waals surface area contributed by atoms with E-state index in [1.165, 1.54) is 0 Å². The molecule has 0 aliphatic carbocycles. The highest BCUT2D eigenvalue weighted by molar-refractivity contribution is 5.34. The SMILES string of the molecule is COc1ccc(Oc2cccc(C(O)C#N)n2)cc1. The second-order valence-corrected chi connectivity index (χ2v) is 3.71. The molecule has 1 atom stereocenters. The molecule has 2 rings (SSSR count). The van der Waals surface area contributed by atoms with Gasteiger partial charge in [-0.15, -0.1) is 0 Å². The minimum Gasteiger partial charge on any atom is -0.497 e. The smallest absolute Gasteiger partial charge is 0.219 e. The van der Waals surface area contributed by atoms with Crippen molar-refractivity contribution < 1.29 is 14.6 Å². The summed E-state index contributed by atoms with van der Waals surface area (Å²) in [4.78, 5) is 4.06. The fourth-order valence-electron chi connectivity index (χ4n) is 1.47. The molecule has 1 unspecified atom stereocenters. The molecular weight excluding hydrogens is 244 g/mol. The molecule has 0 spiro atoms. The first-order valence-corrected chi connectivity index (χ1v) is 5.59. The fraction of sp³-hybridized carbons (Fsp3) is 0.143. The Morgan fingerprint density at radius 1 is 1.16 bits per heavy atom. The van der Waals surface area contributed by atoms with E-state index in [4.69, 9.17) is 14.7 Å². The summed E-state index contributed by atoms with van der Waals surface area (Å²) in [7, 11) is 1.59. The van der Waals surface area contributed by atoms with Crippen LogP contribution in [0.4, 0.5) is 0 Å². The molecule has 1 N–H and O–H groups in total. The third-order valence-electron chi connectivity index (χ3n) is 2.43. The fourth-order valence-corrected chi connectivity index (χ4v) is 1.47. The molecule has 2 aromatic rings. The summed E-state index contributed by atoms with van der Waals surface area (Å²) in [5.41, 5.74) is 0.258. The van der Waals surface area contributed by atoms with Crippen LogP contribution in [-0.2, 0) is 0 Å². The van der Waals surface area contributed by atoms with Crippen LogP contribution in [0.3, 0.4) is 0 Å². The third kappa shape index (κ3) is 3.21.